The standard InChI is InChI=1S/C39H54N6O10S/c1-23-11-7-8-12-25-21-39(25,36(49)42-56(52,53)27-15-16-27)40-32(46)30-20-26(22-43(30)35(48)31(24(2)19-23)45(37(50)51)38(3,4)5)55-33-28-13-9-10-14-29(28)34(47)44(41-33)17-18-54-6/h8-10,12-14,23-27,30-31H,7,11,15-22H2,1-6H3,(H,40,46)(H,42,49)(H,50,51)/b12-8-/t23-,24-,25-,26-,30+,31+,39-/m1/s1. The molecule has 56 heavy (non-hydrogen) atoms. The van der Waals surface area contributed by atoms with Gasteiger partial charge < -0.3 is 24.8 Å². The Labute approximate surface area is 327 Å². The molecular weight excluding hydrogens is 745 g/mol. The van der Waals surface area contributed by atoms with Crippen LogP contribution in [0.3, 0.4) is 0 Å². The molecule has 2 aliphatic heterocycles. The van der Waals surface area contributed by atoms with E-state index in [2.05, 4.69) is 15.1 Å². The first kappa shape index (κ1) is 41.1. The minimum atomic E-state index is -3.94. The first-order valence-corrected chi connectivity index (χ1v) is 21.0. The number of carbonyl (C=O) groups is 4. The van der Waals surface area contributed by atoms with E-state index in [1.54, 1.807) is 45.0 Å². The molecule has 3 heterocycles. The molecular formula is C39H54N6O10S. The lowest BCUT2D eigenvalue weighted by atomic mass is 9.85. The summed E-state index contributed by atoms with van der Waals surface area (Å²) >= 11 is 0. The van der Waals surface area contributed by atoms with Crippen molar-refractivity contribution in [1.82, 2.24) is 29.6 Å². The zero-order valence-corrected chi connectivity index (χ0v) is 33.7. The predicted octanol–water partition coefficient (Wildman–Crippen LogP) is 3.03. The Morgan fingerprint density at radius 3 is 2.43 bits per heavy atom. The van der Waals surface area contributed by atoms with E-state index in [1.165, 1.54) is 16.7 Å². The molecule has 0 spiro atoms. The van der Waals surface area contributed by atoms with Crippen molar-refractivity contribution in [3.05, 3.63) is 46.8 Å². The highest BCUT2D eigenvalue weighted by molar-refractivity contribution is 7.91. The van der Waals surface area contributed by atoms with Gasteiger partial charge in [0.2, 0.25) is 27.7 Å². The smallest absolute Gasteiger partial charge is 0.408 e. The third kappa shape index (κ3) is 8.43. The van der Waals surface area contributed by atoms with Crippen molar-refractivity contribution in [1.29, 1.82) is 0 Å². The van der Waals surface area contributed by atoms with Crippen LogP contribution >= 0.6 is 0 Å². The van der Waals surface area contributed by atoms with Gasteiger partial charge in [0.25, 0.3) is 11.5 Å². The lowest BCUT2D eigenvalue weighted by Gasteiger charge is -2.43. The highest BCUT2D eigenvalue weighted by Gasteiger charge is 2.62. The summed E-state index contributed by atoms with van der Waals surface area (Å²) < 4.78 is 40.9. The molecule has 16 nitrogen and oxygen atoms in total. The van der Waals surface area contributed by atoms with E-state index in [-0.39, 0.29) is 49.9 Å². The van der Waals surface area contributed by atoms with Gasteiger partial charge >= 0.3 is 6.09 Å². The van der Waals surface area contributed by atoms with Crippen LogP contribution in [-0.4, -0.2) is 112 Å². The number of carbonyl (C=O) groups excluding carboxylic acids is 3. The molecule has 2 saturated carbocycles. The van der Waals surface area contributed by atoms with Crippen LogP contribution in [0.1, 0.15) is 79.6 Å². The number of nitrogens with zero attached hydrogens (tertiary/aromatic N) is 4. The molecule has 306 valence electrons. The Hall–Kier alpha value is -4.51. The van der Waals surface area contributed by atoms with Gasteiger partial charge in [-0.3, -0.25) is 28.8 Å². The van der Waals surface area contributed by atoms with E-state index >= 15 is 4.79 Å². The third-order valence-corrected chi connectivity index (χ3v) is 13.2. The van der Waals surface area contributed by atoms with E-state index < -0.39 is 80.2 Å². The van der Waals surface area contributed by atoms with Crippen molar-refractivity contribution < 1.29 is 42.2 Å². The van der Waals surface area contributed by atoms with Crippen molar-refractivity contribution in [3.8, 4) is 5.88 Å². The highest BCUT2D eigenvalue weighted by atomic mass is 32.2. The molecule has 0 radical (unpaired) electrons. The largest absolute Gasteiger partial charge is 0.471 e. The quantitative estimate of drug-likeness (QED) is 0.315. The molecule has 1 saturated heterocycles. The maximum absolute atomic E-state index is 15.1. The van der Waals surface area contributed by atoms with Crippen molar-refractivity contribution in [2.24, 2.45) is 17.8 Å². The second-order valence-electron chi connectivity index (χ2n) is 16.9. The number of hydrogen-bond donors (Lipinski definition) is 3. The highest BCUT2D eigenvalue weighted by Crippen LogP contribution is 2.46. The molecule has 7 atom stereocenters. The minimum absolute atomic E-state index is 0.0660. The Kier molecular flexibility index (Phi) is 11.6. The zero-order chi connectivity index (χ0) is 40.7. The van der Waals surface area contributed by atoms with Gasteiger partial charge in [-0.05, 0) is 83.3 Å². The number of ether oxygens (including phenoxy) is 2. The molecule has 0 bridgehead atoms. The summed E-state index contributed by atoms with van der Waals surface area (Å²) in [5, 5.41) is 18.1. The van der Waals surface area contributed by atoms with E-state index in [0.29, 0.717) is 42.9 Å². The summed E-state index contributed by atoms with van der Waals surface area (Å²) in [5.41, 5.74) is -2.92. The van der Waals surface area contributed by atoms with Gasteiger partial charge in [-0.25, -0.2) is 17.9 Å². The van der Waals surface area contributed by atoms with Gasteiger partial charge in [-0.1, -0.05) is 38.1 Å². The van der Waals surface area contributed by atoms with Crippen LogP contribution in [0.15, 0.2) is 41.2 Å². The molecule has 4 aliphatic rings. The van der Waals surface area contributed by atoms with Gasteiger partial charge in [0, 0.05) is 25.0 Å². The number of sulfonamides is 1. The third-order valence-electron chi connectivity index (χ3n) is 11.4. The summed E-state index contributed by atoms with van der Waals surface area (Å²) in [7, 11) is -2.44. The second-order valence-corrected chi connectivity index (χ2v) is 18.9. The summed E-state index contributed by atoms with van der Waals surface area (Å²) in [6.45, 7) is 9.24. The molecule has 3 N–H and O–H groups in total. The predicted molar refractivity (Wildman–Crippen MR) is 206 cm³/mol. The van der Waals surface area contributed by atoms with Crippen LogP contribution in [0.2, 0.25) is 0 Å². The molecule has 2 aliphatic carbocycles. The number of benzene rings is 1. The molecule has 3 fully saturated rings. The lowest BCUT2D eigenvalue weighted by Crippen LogP contribution is -2.62. The van der Waals surface area contributed by atoms with E-state index in [1.807, 2.05) is 26.0 Å². The summed E-state index contributed by atoms with van der Waals surface area (Å²) in [4.78, 5) is 72.2. The maximum atomic E-state index is 15.1. The van der Waals surface area contributed by atoms with Gasteiger partial charge in [0.15, 0.2) is 0 Å². The van der Waals surface area contributed by atoms with Crippen molar-refractivity contribution in [2.45, 2.75) is 121 Å². The first-order chi connectivity index (χ1) is 26.4. The normalized spacial score (nSPS) is 29.3. The number of methoxy groups -OCH3 is 1. The number of fused-ring (bicyclic) bond motifs is 3. The van der Waals surface area contributed by atoms with Gasteiger partial charge in [-0.2, -0.15) is 0 Å². The molecule has 4 amide bonds. The molecule has 1 aromatic carbocycles. The Bertz CT molecular complexity index is 2060. The number of allylic oxidation sites excluding steroid dienone is 1. The maximum Gasteiger partial charge on any atom is 0.408 e. The average Bonchev–Trinajstić information content (AvgIpc) is 4.05. The summed E-state index contributed by atoms with van der Waals surface area (Å²) in [5.74, 6) is -2.89. The van der Waals surface area contributed by atoms with Gasteiger partial charge in [0.1, 0.15) is 23.7 Å². The molecule has 0 unspecified atom stereocenters. The van der Waals surface area contributed by atoms with Crippen LogP contribution < -0.4 is 20.3 Å². The Morgan fingerprint density at radius 1 is 1.09 bits per heavy atom. The second kappa shape index (κ2) is 15.8. The summed E-state index contributed by atoms with van der Waals surface area (Å²) in [6.07, 6.45) is 4.48. The van der Waals surface area contributed by atoms with Gasteiger partial charge in [0.05, 0.1) is 35.7 Å². The van der Waals surface area contributed by atoms with E-state index in [9.17, 15) is 32.7 Å². The van der Waals surface area contributed by atoms with Crippen molar-refractivity contribution in [2.75, 3.05) is 20.3 Å². The van der Waals surface area contributed by atoms with Crippen LogP contribution in [0.4, 0.5) is 4.79 Å². The van der Waals surface area contributed by atoms with Crippen LogP contribution in [-0.2, 0) is 35.7 Å². The fraction of sp³-hybridized carbons (Fsp3) is 0.641. The number of amides is 4. The summed E-state index contributed by atoms with van der Waals surface area (Å²) in [6, 6.07) is 4.38. The topological polar surface area (TPSA) is 207 Å². The fourth-order valence-corrected chi connectivity index (χ4v) is 9.61. The van der Waals surface area contributed by atoms with Crippen LogP contribution in [0.25, 0.3) is 10.8 Å². The van der Waals surface area contributed by atoms with Crippen LogP contribution in [0, 0.1) is 17.8 Å². The van der Waals surface area contributed by atoms with E-state index in [4.69, 9.17) is 9.47 Å². The SMILES string of the molecule is COCCn1nc(O[C@@H]2C[C@H]3C(=O)N[C@]4(C(=O)NS(=O)(=O)C5CC5)C[C@H]4/C=C\CC[C@@H](C)C[C@@H](C)[C@H](N(C(=O)O)C(C)(C)C)C(=O)N3C2)c2ccccc2c1=O. The zero-order valence-electron chi connectivity index (χ0n) is 32.9. The average molecular weight is 799 g/mol. The van der Waals surface area contributed by atoms with Crippen LogP contribution in [0.5, 0.6) is 5.88 Å². The minimum Gasteiger partial charge on any atom is -0.471 e. The van der Waals surface area contributed by atoms with Crippen molar-refractivity contribution in [3.63, 3.8) is 0 Å². The Morgan fingerprint density at radius 2 is 1.79 bits per heavy atom. The first-order valence-electron chi connectivity index (χ1n) is 19.4. The number of carboxylic acid groups (broad SMARTS) is 1. The van der Waals surface area contributed by atoms with Gasteiger partial charge in [-0.15, -0.1) is 5.10 Å². The lowest BCUT2D eigenvalue weighted by molar-refractivity contribution is -0.146. The fourth-order valence-electron chi connectivity index (χ4n) is 8.24. The number of aromatic nitrogens is 2. The molecule has 6 rings (SSSR count). The number of rotatable bonds is 9. The number of hydrogen-bond acceptors (Lipinski definition) is 10. The molecule has 2 aromatic rings. The van der Waals surface area contributed by atoms with E-state index in [0.717, 1.165) is 4.90 Å². The monoisotopic (exact) mass is 798 g/mol. The molecule has 17 heteroatoms. The Balaban J connectivity index is 1.41. The molecule has 1 aromatic heterocycles. The van der Waals surface area contributed by atoms with Crippen molar-refractivity contribution >= 4 is 44.6 Å². The number of nitrogens with one attached hydrogen (secondary N) is 2.